The molecule has 0 aliphatic carbocycles. The molecule has 1 rings (SSSR count). The lowest BCUT2D eigenvalue weighted by Gasteiger charge is -2.02. The standard InChI is InChI=1S/C6H5I2NO/c1-4-2-3-5(7)9(10)6(4)8/h2-3H,1H3. The maximum Gasteiger partial charge on any atom is 0.256 e. The van der Waals surface area contributed by atoms with E-state index in [-0.39, 0.29) is 0 Å². The van der Waals surface area contributed by atoms with E-state index in [1.54, 1.807) is 0 Å². The molecular weight excluding hydrogens is 356 g/mol. The highest BCUT2D eigenvalue weighted by Crippen LogP contribution is 2.07. The number of aryl methyl sites for hydroxylation is 1. The number of pyridine rings is 1. The van der Waals surface area contributed by atoms with Crippen LogP contribution in [0.4, 0.5) is 0 Å². The van der Waals surface area contributed by atoms with Gasteiger partial charge in [0.1, 0.15) is 0 Å². The minimum absolute atomic E-state index is 0.715. The van der Waals surface area contributed by atoms with Crippen molar-refractivity contribution < 1.29 is 4.73 Å². The molecule has 0 radical (unpaired) electrons. The summed E-state index contributed by atoms with van der Waals surface area (Å²) in [5.41, 5.74) is 1.02. The Kier molecular flexibility index (Phi) is 2.73. The zero-order valence-electron chi connectivity index (χ0n) is 5.27. The van der Waals surface area contributed by atoms with E-state index in [0.29, 0.717) is 3.70 Å². The van der Waals surface area contributed by atoms with E-state index in [1.807, 2.05) is 64.2 Å². The van der Waals surface area contributed by atoms with Gasteiger partial charge in [0.2, 0.25) is 0 Å². The Hall–Kier alpha value is 0.410. The van der Waals surface area contributed by atoms with E-state index in [0.717, 1.165) is 14.0 Å². The number of rotatable bonds is 0. The van der Waals surface area contributed by atoms with Crippen LogP contribution in [0, 0.1) is 19.5 Å². The van der Waals surface area contributed by atoms with Crippen molar-refractivity contribution >= 4 is 45.2 Å². The molecule has 0 aliphatic heterocycles. The summed E-state index contributed by atoms with van der Waals surface area (Å²) in [5, 5.41) is 11.1. The normalized spacial score (nSPS) is 9.90. The molecule has 2 nitrogen and oxygen atoms in total. The third-order valence-electron chi connectivity index (χ3n) is 1.17. The molecule has 0 amide bonds. The largest absolute Gasteiger partial charge is 0.617 e. The molecule has 0 saturated heterocycles. The molecule has 1 aromatic heterocycles. The Morgan fingerprint density at radius 2 is 2.00 bits per heavy atom. The van der Waals surface area contributed by atoms with Crippen LogP contribution < -0.4 is 4.73 Å². The van der Waals surface area contributed by atoms with Gasteiger partial charge >= 0.3 is 0 Å². The highest BCUT2D eigenvalue weighted by atomic mass is 127. The van der Waals surface area contributed by atoms with Crippen molar-refractivity contribution in [2.45, 2.75) is 6.92 Å². The lowest BCUT2D eigenvalue weighted by Crippen LogP contribution is -2.35. The van der Waals surface area contributed by atoms with Crippen LogP contribution in [-0.2, 0) is 0 Å². The molecule has 0 unspecified atom stereocenters. The fourth-order valence-electron chi connectivity index (χ4n) is 0.584. The van der Waals surface area contributed by atoms with Crippen molar-refractivity contribution in [1.82, 2.24) is 0 Å². The number of hydrogen-bond donors (Lipinski definition) is 0. The second kappa shape index (κ2) is 3.21. The first-order valence-electron chi connectivity index (χ1n) is 2.67. The quantitative estimate of drug-likeness (QED) is 0.300. The number of nitrogens with zero attached hydrogens (tertiary/aromatic N) is 1. The van der Waals surface area contributed by atoms with Crippen molar-refractivity contribution in [2.24, 2.45) is 0 Å². The predicted molar refractivity (Wildman–Crippen MR) is 55.6 cm³/mol. The van der Waals surface area contributed by atoms with Gasteiger partial charge in [0.05, 0.1) is 0 Å². The van der Waals surface area contributed by atoms with Crippen LogP contribution in [0.3, 0.4) is 0 Å². The molecule has 54 valence electrons. The first kappa shape index (κ1) is 8.51. The minimum atomic E-state index is 0.715. The topological polar surface area (TPSA) is 26.9 Å². The zero-order chi connectivity index (χ0) is 7.72. The van der Waals surface area contributed by atoms with E-state index < -0.39 is 0 Å². The Morgan fingerprint density at radius 1 is 1.40 bits per heavy atom. The Balaban J connectivity index is 3.34. The first-order chi connectivity index (χ1) is 4.63. The van der Waals surface area contributed by atoms with Gasteiger partial charge in [-0.25, -0.2) is 0 Å². The summed E-state index contributed by atoms with van der Waals surface area (Å²) < 4.78 is 2.40. The monoisotopic (exact) mass is 361 g/mol. The molecule has 0 atom stereocenters. The molecule has 0 aliphatic rings. The maximum atomic E-state index is 11.1. The molecule has 0 fully saturated rings. The van der Waals surface area contributed by atoms with Gasteiger partial charge in [-0.1, -0.05) is 0 Å². The number of aromatic nitrogens is 1. The highest BCUT2D eigenvalue weighted by Gasteiger charge is 2.07. The number of halogens is 2. The summed E-state index contributed by atoms with van der Waals surface area (Å²) in [5.74, 6) is 0. The van der Waals surface area contributed by atoms with E-state index in [2.05, 4.69) is 0 Å². The lowest BCUT2D eigenvalue weighted by molar-refractivity contribution is -0.633. The van der Waals surface area contributed by atoms with E-state index >= 15 is 0 Å². The number of hydrogen-bond acceptors (Lipinski definition) is 1. The molecule has 0 bridgehead atoms. The van der Waals surface area contributed by atoms with Gasteiger partial charge in [-0.15, -0.1) is 0 Å². The van der Waals surface area contributed by atoms with E-state index in [1.165, 1.54) is 0 Å². The highest BCUT2D eigenvalue weighted by molar-refractivity contribution is 14.1. The summed E-state index contributed by atoms with van der Waals surface area (Å²) in [7, 11) is 0. The van der Waals surface area contributed by atoms with Crippen LogP contribution in [0.2, 0.25) is 0 Å². The van der Waals surface area contributed by atoms with Gasteiger partial charge in [-0.3, -0.25) is 0 Å². The smallest absolute Gasteiger partial charge is 0.256 e. The van der Waals surface area contributed by atoms with Gasteiger partial charge in [0.15, 0.2) is 0 Å². The van der Waals surface area contributed by atoms with Gasteiger partial charge < -0.3 is 5.21 Å². The molecule has 0 spiro atoms. The molecule has 1 heterocycles. The van der Waals surface area contributed by atoms with Crippen LogP contribution in [0.5, 0.6) is 0 Å². The fraction of sp³-hybridized carbons (Fsp3) is 0.167. The summed E-state index contributed by atoms with van der Waals surface area (Å²) in [4.78, 5) is 0. The third kappa shape index (κ3) is 1.52. The summed E-state index contributed by atoms with van der Waals surface area (Å²) >= 11 is 4.05. The molecule has 1 aromatic rings. The van der Waals surface area contributed by atoms with E-state index in [4.69, 9.17) is 0 Å². The average molecular weight is 361 g/mol. The van der Waals surface area contributed by atoms with Gasteiger partial charge in [-0.2, -0.15) is 4.73 Å². The van der Waals surface area contributed by atoms with Crippen molar-refractivity contribution in [1.29, 1.82) is 0 Å². The fourth-order valence-corrected chi connectivity index (χ4v) is 1.91. The molecule has 0 N–H and O–H groups in total. The van der Waals surface area contributed by atoms with Gasteiger partial charge in [0, 0.05) is 56.8 Å². The van der Waals surface area contributed by atoms with Gasteiger partial charge in [0.25, 0.3) is 7.40 Å². The Labute approximate surface area is 86.5 Å². The van der Waals surface area contributed by atoms with Crippen LogP contribution in [0.15, 0.2) is 12.1 Å². The van der Waals surface area contributed by atoms with Crippen molar-refractivity contribution in [3.63, 3.8) is 0 Å². The van der Waals surface area contributed by atoms with E-state index in [9.17, 15) is 5.21 Å². The lowest BCUT2D eigenvalue weighted by atomic mass is 10.3. The van der Waals surface area contributed by atoms with Crippen LogP contribution >= 0.6 is 45.2 Å². The summed E-state index contributed by atoms with van der Waals surface area (Å²) in [6.07, 6.45) is 0. The molecule has 4 heteroatoms. The second-order valence-corrected chi connectivity index (χ2v) is 4.05. The third-order valence-corrected chi connectivity index (χ3v) is 3.26. The molecule has 10 heavy (non-hydrogen) atoms. The molecule has 0 aromatic carbocycles. The Bertz CT molecular complexity index is 235. The molecule has 0 saturated carbocycles. The molecular formula is C6H5I2NO. The Morgan fingerprint density at radius 3 is 2.50 bits per heavy atom. The maximum absolute atomic E-state index is 11.1. The zero-order valence-corrected chi connectivity index (χ0v) is 9.58. The SMILES string of the molecule is Cc1ccc(I)[n+]([O-])c1I. The van der Waals surface area contributed by atoms with Gasteiger partial charge in [-0.05, 0) is 13.0 Å². The predicted octanol–water partition coefficient (Wildman–Crippen LogP) is 1.84. The summed E-state index contributed by atoms with van der Waals surface area (Å²) in [6.45, 7) is 1.92. The second-order valence-electron chi connectivity index (χ2n) is 1.92. The van der Waals surface area contributed by atoms with Crippen molar-refractivity contribution in [3.8, 4) is 0 Å². The van der Waals surface area contributed by atoms with Crippen LogP contribution in [-0.4, -0.2) is 0 Å². The van der Waals surface area contributed by atoms with Crippen molar-refractivity contribution in [2.75, 3.05) is 0 Å². The summed E-state index contributed by atoms with van der Waals surface area (Å²) in [6, 6.07) is 3.75. The first-order valence-corrected chi connectivity index (χ1v) is 4.83. The van der Waals surface area contributed by atoms with Crippen LogP contribution in [0.1, 0.15) is 5.56 Å². The average Bonchev–Trinajstić information content (AvgIpc) is 1.93. The van der Waals surface area contributed by atoms with Crippen molar-refractivity contribution in [3.05, 3.63) is 30.3 Å². The van der Waals surface area contributed by atoms with Crippen LogP contribution in [0.25, 0.3) is 0 Å². The minimum Gasteiger partial charge on any atom is -0.617 e.